The number of hydrogen-bond donors (Lipinski definition) is 5. The van der Waals surface area contributed by atoms with Gasteiger partial charge in [0.1, 0.15) is 5.60 Å². The van der Waals surface area contributed by atoms with Crippen LogP contribution in [0.1, 0.15) is 63.9 Å². The number of rotatable bonds is 8. The molecule has 9 heteroatoms. The number of aliphatic hydroxyl groups excluding tert-OH is 2. The molecule has 0 spiro atoms. The van der Waals surface area contributed by atoms with Crippen LogP contribution in [0.25, 0.3) is 0 Å². The Labute approximate surface area is 200 Å². The molecule has 9 nitrogen and oxygen atoms in total. The topological polar surface area (TPSA) is 145 Å². The van der Waals surface area contributed by atoms with Crippen LogP contribution in [0.5, 0.6) is 0 Å². The van der Waals surface area contributed by atoms with E-state index in [1.807, 2.05) is 0 Å². The minimum absolute atomic E-state index is 0.215. The van der Waals surface area contributed by atoms with E-state index in [0.29, 0.717) is 5.56 Å². The van der Waals surface area contributed by atoms with Crippen molar-refractivity contribution in [2.24, 2.45) is 0 Å². The van der Waals surface area contributed by atoms with Crippen molar-refractivity contribution in [1.29, 1.82) is 0 Å². The number of aliphatic carboxylic acids is 1. The van der Waals surface area contributed by atoms with E-state index in [9.17, 15) is 24.6 Å². The molecule has 0 saturated carbocycles. The lowest BCUT2D eigenvalue weighted by Crippen LogP contribution is -2.70. The Bertz CT molecular complexity index is 966. The first-order valence-electron chi connectivity index (χ1n) is 10.7. The van der Waals surface area contributed by atoms with E-state index in [-0.39, 0.29) is 18.6 Å². The smallest absolute Gasteiger partial charge is 0.408 e. The number of benzene rings is 1. The Hall–Kier alpha value is -3.35. The third kappa shape index (κ3) is 8.54. The number of alkyl carbamates (subject to hydrolysis) is 1. The van der Waals surface area contributed by atoms with Crippen molar-refractivity contribution < 1.29 is 34.4 Å². The zero-order chi connectivity index (χ0) is 26.2. The van der Waals surface area contributed by atoms with Crippen LogP contribution < -0.4 is 10.6 Å². The predicted molar refractivity (Wildman–Crippen MR) is 127 cm³/mol. The molecule has 1 aromatic rings. The first-order chi connectivity index (χ1) is 15.6. The van der Waals surface area contributed by atoms with Gasteiger partial charge in [-0.15, -0.1) is 0 Å². The summed E-state index contributed by atoms with van der Waals surface area (Å²) in [6.07, 6.45) is 1.84. The summed E-state index contributed by atoms with van der Waals surface area (Å²) in [5, 5.41) is 32.9. The van der Waals surface area contributed by atoms with E-state index in [1.54, 1.807) is 45.1 Å². The molecule has 0 aliphatic heterocycles. The first kappa shape index (κ1) is 28.7. The predicted octanol–water partition coefficient (Wildman–Crippen LogP) is 2.21. The van der Waals surface area contributed by atoms with Crippen LogP contribution in [0, 0.1) is 11.8 Å². The fourth-order valence-corrected chi connectivity index (χ4v) is 2.65. The second kappa shape index (κ2) is 11.7. The minimum Gasteiger partial charge on any atom is -0.479 e. The van der Waals surface area contributed by atoms with Gasteiger partial charge in [-0.2, -0.15) is 0 Å². The van der Waals surface area contributed by atoms with Crippen molar-refractivity contribution in [2.75, 3.05) is 6.61 Å². The average Bonchev–Trinajstić information content (AvgIpc) is 2.71. The van der Waals surface area contributed by atoms with Crippen molar-refractivity contribution >= 4 is 18.0 Å². The fourth-order valence-electron chi connectivity index (χ4n) is 2.65. The number of carboxylic acids is 1. The highest BCUT2D eigenvalue weighted by Gasteiger charge is 2.50. The highest BCUT2D eigenvalue weighted by molar-refractivity contribution is 5.98. The van der Waals surface area contributed by atoms with Crippen LogP contribution in [0.2, 0.25) is 0 Å². The summed E-state index contributed by atoms with van der Waals surface area (Å²) in [7, 11) is 0. The van der Waals surface area contributed by atoms with Gasteiger partial charge in [-0.05, 0) is 78.3 Å². The second-order valence-corrected chi connectivity index (χ2v) is 9.46. The van der Waals surface area contributed by atoms with Gasteiger partial charge in [0.05, 0.1) is 18.2 Å². The van der Waals surface area contributed by atoms with Crippen LogP contribution in [0.4, 0.5) is 4.79 Å². The average molecular weight is 475 g/mol. The molecule has 0 aliphatic rings. The molecule has 0 bridgehead atoms. The summed E-state index contributed by atoms with van der Waals surface area (Å²) in [5.74, 6) is 3.68. The van der Waals surface area contributed by atoms with Gasteiger partial charge >= 0.3 is 12.1 Å². The second-order valence-electron chi connectivity index (χ2n) is 9.46. The van der Waals surface area contributed by atoms with Crippen LogP contribution in [0.3, 0.4) is 0 Å². The van der Waals surface area contributed by atoms with Crippen molar-refractivity contribution in [2.45, 2.75) is 70.7 Å². The van der Waals surface area contributed by atoms with Crippen molar-refractivity contribution in [1.82, 2.24) is 10.6 Å². The van der Waals surface area contributed by atoms with Crippen LogP contribution in [-0.4, -0.2) is 62.7 Å². The van der Waals surface area contributed by atoms with Crippen molar-refractivity contribution in [3.63, 3.8) is 0 Å². The van der Waals surface area contributed by atoms with E-state index in [1.165, 1.54) is 32.9 Å². The molecular weight excluding hydrogens is 440 g/mol. The summed E-state index contributed by atoms with van der Waals surface area (Å²) < 4.78 is 5.22. The molecule has 2 atom stereocenters. The van der Waals surface area contributed by atoms with Crippen LogP contribution in [0.15, 0.2) is 36.4 Å². The number of carbonyl (C=O) groups excluding carboxylic acids is 2. The minimum atomic E-state index is -1.86. The third-order valence-electron chi connectivity index (χ3n) is 5.04. The molecular formula is C25H34N2O7. The summed E-state index contributed by atoms with van der Waals surface area (Å²) in [6.45, 7) is 9.01. The molecule has 34 heavy (non-hydrogen) atoms. The summed E-state index contributed by atoms with van der Waals surface area (Å²) in [4.78, 5) is 37.2. The monoisotopic (exact) mass is 474 g/mol. The molecule has 1 aromatic carbocycles. The fraction of sp³-hybridized carbons (Fsp3) is 0.480. The highest BCUT2D eigenvalue weighted by Crippen LogP contribution is 2.24. The summed E-state index contributed by atoms with van der Waals surface area (Å²) in [5.41, 5.74) is -3.20. The lowest BCUT2D eigenvalue weighted by molar-refractivity contribution is -0.146. The quantitative estimate of drug-likeness (QED) is 0.363. The molecule has 186 valence electrons. The Morgan fingerprint density at radius 2 is 1.65 bits per heavy atom. The van der Waals surface area contributed by atoms with Gasteiger partial charge in [0.25, 0.3) is 5.91 Å². The number of allylic oxidation sites excluding steroid dienone is 1. The maximum absolute atomic E-state index is 12.8. The molecule has 5 N–H and O–H groups in total. The summed E-state index contributed by atoms with van der Waals surface area (Å²) in [6, 6.07) is 6.24. The molecule has 0 aliphatic carbocycles. The van der Waals surface area contributed by atoms with Gasteiger partial charge < -0.3 is 30.7 Å². The highest BCUT2D eigenvalue weighted by atomic mass is 16.6. The van der Waals surface area contributed by atoms with Gasteiger partial charge in [0.2, 0.25) is 0 Å². The summed E-state index contributed by atoms with van der Waals surface area (Å²) >= 11 is 0. The van der Waals surface area contributed by atoms with E-state index < -0.39 is 40.8 Å². The molecule has 1 rings (SSSR count). The van der Waals surface area contributed by atoms with Gasteiger partial charge in [-0.1, -0.05) is 17.9 Å². The number of carboxylic acid groups (broad SMARTS) is 1. The van der Waals surface area contributed by atoms with Crippen LogP contribution in [-0.2, 0) is 9.53 Å². The standard InChI is InChI=1S/C25H34N2O7/c1-23(2,3)34-22(33)27-24(4,5)25(6,21(31)32)26-20(30)18-14-12-17(13-15-18)10-8-7-9-11-19(29)16-28/h7,9,12-15,19,28-29H,11,16H2,1-6H3,(H,26,30)(H,27,33)(H,31,32)/t19?,25-/m1/s1. The molecule has 0 saturated heterocycles. The Morgan fingerprint density at radius 1 is 1.06 bits per heavy atom. The van der Waals surface area contributed by atoms with E-state index in [2.05, 4.69) is 22.5 Å². The Morgan fingerprint density at radius 3 is 2.15 bits per heavy atom. The Kier molecular flexibility index (Phi) is 9.85. The molecule has 0 heterocycles. The lowest BCUT2D eigenvalue weighted by atomic mass is 9.80. The number of hydrogen-bond acceptors (Lipinski definition) is 6. The molecule has 0 fully saturated rings. The molecule has 0 radical (unpaired) electrons. The van der Waals surface area contributed by atoms with Crippen molar-refractivity contribution in [3.05, 3.63) is 47.5 Å². The van der Waals surface area contributed by atoms with Crippen molar-refractivity contribution in [3.8, 4) is 11.8 Å². The SMILES string of the molecule is CC(C)(C)OC(=O)NC(C)(C)[C@](C)(NC(=O)c1ccc(C#CC=CCC(O)CO)cc1)C(=O)O. The maximum Gasteiger partial charge on any atom is 0.408 e. The zero-order valence-electron chi connectivity index (χ0n) is 20.4. The van der Waals surface area contributed by atoms with E-state index in [4.69, 9.17) is 9.84 Å². The lowest BCUT2D eigenvalue weighted by Gasteiger charge is -2.41. The zero-order valence-corrected chi connectivity index (χ0v) is 20.4. The third-order valence-corrected chi connectivity index (χ3v) is 5.04. The van der Waals surface area contributed by atoms with Gasteiger partial charge in [-0.25, -0.2) is 9.59 Å². The van der Waals surface area contributed by atoms with E-state index >= 15 is 0 Å². The Balaban J connectivity index is 2.95. The number of aliphatic hydroxyl groups is 2. The number of amides is 2. The van der Waals surface area contributed by atoms with Gasteiger partial charge in [0.15, 0.2) is 5.54 Å². The molecule has 1 unspecified atom stereocenters. The largest absolute Gasteiger partial charge is 0.479 e. The number of ether oxygens (including phenoxy) is 1. The van der Waals surface area contributed by atoms with Gasteiger partial charge in [0, 0.05) is 11.1 Å². The maximum atomic E-state index is 12.8. The van der Waals surface area contributed by atoms with Gasteiger partial charge in [-0.3, -0.25) is 4.79 Å². The number of carbonyl (C=O) groups is 3. The molecule has 2 amide bonds. The molecule has 0 aromatic heterocycles. The van der Waals surface area contributed by atoms with Crippen LogP contribution >= 0.6 is 0 Å². The number of nitrogens with one attached hydrogen (secondary N) is 2. The first-order valence-corrected chi connectivity index (χ1v) is 10.7. The van der Waals surface area contributed by atoms with E-state index in [0.717, 1.165) is 0 Å². The normalized spacial score (nSPS) is 14.4.